The van der Waals surface area contributed by atoms with Crippen LogP contribution in [0.5, 0.6) is 0 Å². The highest BCUT2D eigenvalue weighted by molar-refractivity contribution is 6.35. The second kappa shape index (κ2) is 9.08. The van der Waals surface area contributed by atoms with Crippen molar-refractivity contribution in [1.29, 1.82) is 0 Å². The van der Waals surface area contributed by atoms with Gasteiger partial charge >= 0.3 is 11.8 Å². The van der Waals surface area contributed by atoms with Crippen LogP contribution in [0.1, 0.15) is 47.2 Å². The van der Waals surface area contributed by atoms with Crippen molar-refractivity contribution in [3.8, 4) is 0 Å². The van der Waals surface area contributed by atoms with Crippen molar-refractivity contribution in [1.82, 2.24) is 10.9 Å². The molecule has 2 amide bonds. The van der Waals surface area contributed by atoms with E-state index in [1.54, 1.807) is 13.8 Å². The molecule has 0 spiro atoms. The zero-order valence-corrected chi connectivity index (χ0v) is 17.2. The number of amides is 2. The molecule has 0 heterocycles. The fourth-order valence-corrected chi connectivity index (χ4v) is 2.43. The van der Waals surface area contributed by atoms with Crippen LogP contribution in [0.15, 0.2) is 46.6 Å². The molecule has 0 aromatic heterocycles. The largest absolute Gasteiger partial charge is 0.331 e. The lowest BCUT2D eigenvalue weighted by molar-refractivity contribution is -0.139. The van der Waals surface area contributed by atoms with Crippen LogP contribution in [0.3, 0.4) is 0 Å². The molecule has 0 bridgehead atoms. The van der Waals surface area contributed by atoms with Gasteiger partial charge in [0.1, 0.15) is 0 Å². The van der Waals surface area contributed by atoms with Gasteiger partial charge in [-0.15, -0.1) is 0 Å². The second-order valence-electron chi connectivity index (χ2n) is 6.87. The monoisotopic (exact) mass is 378 g/mol. The topological polar surface area (TPSA) is 82.9 Å². The van der Waals surface area contributed by atoms with E-state index >= 15 is 0 Å². The van der Waals surface area contributed by atoms with Crippen LogP contribution in [0.25, 0.3) is 0 Å². The second-order valence-corrected chi connectivity index (χ2v) is 6.87. The Bertz CT molecular complexity index is 895. The molecular weight excluding hydrogens is 352 g/mol. The van der Waals surface area contributed by atoms with Gasteiger partial charge in [-0.3, -0.25) is 9.59 Å². The Morgan fingerprint density at radius 2 is 1.00 bits per heavy atom. The molecule has 2 aromatic rings. The van der Waals surface area contributed by atoms with Crippen molar-refractivity contribution in [3.05, 3.63) is 69.8 Å². The molecule has 28 heavy (non-hydrogen) atoms. The number of hydrogen-bond acceptors (Lipinski definition) is 4. The average molecular weight is 378 g/mol. The smallest absolute Gasteiger partial charge is 0.262 e. The highest BCUT2D eigenvalue weighted by Crippen LogP contribution is 2.11. The Kier molecular flexibility index (Phi) is 6.82. The van der Waals surface area contributed by atoms with Crippen LogP contribution in [-0.2, 0) is 9.59 Å². The lowest BCUT2D eigenvalue weighted by atomic mass is 10.0. The third-order valence-electron chi connectivity index (χ3n) is 4.71. The number of hydrazone groups is 2. The predicted molar refractivity (Wildman–Crippen MR) is 113 cm³/mol. The lowest BCUT2D eigenvalue weighted by Crippen LogP contribution is -2.36. The molecule has 0 aliphatic carbocycles. The van der Waals surface area contributed by atoms with Crippen molar-refractivity contribution in [2.75, 3.05) is 0 Å². The minimum Gasteiger partial charge on any atom is -0.262 e. The van der Waals surface area contributed by atoms with E-state index < -0.39 is 11.8 Å². The van der Waals surface area contributed by atoms with E-state index in [4.69, 9.17) is 0 Å². The van der Waals surface area contributed by atoms with Gasteiger partial charge in [-0.25, -0.2) is 10.9 Å². The first-order valence-electron chi connectivity index (χ1n) is 9.03. The van der Waals surface area contributed by atoms with Crippen LogP contribution >= 0.6 is 0 Å². The maximum Gasteiger partial charge on any atom is 0.331 e. The van der Waals surface area contributed by atoms with Crippen molar-refractivity contribution in [2.45, 2.75) is 41.5 Å². The minimum atomic E-state index is -0.875. The van der Waals surface area contributed by atoms with Crippen LogP contribution in [0.2, 0.25) is 0 Å². The Morgan fingerprint density at radius 1 is 0.643 bits per heavy atom. The van der Waals surface area contributed by atoms with Crippen LogP contribution < -0.4 is 10.9 Å². The molecule has 2 aromatic carbocycles. The molecule has 146 valence electrons. The number of benzene rings is 2. The Morgan fingerprint density at radius 3 is 1.32 bits per heavy atom. The van der Waals surface area contributed by atoms with Crippen LogP contribution in [0.4, 0.5) is 0 Å². The Labute approximate surface area is 165 Å². The summed E-state index contributed by atoms with van der Waals surface area (Å²) in [7, 11) is 0. The third kappa shape index (κ3) is 5.36. The van der Waals surface area contributed by atoms with E-state index in [0.29, 0.717) is 11.4 Å². The van der Waals surface area contributed by atoms with Gasteiger partial charge in [0.25, 0.3) is 0 Å². The van der Waals surface area contributed by atoms with Gasteiger partial charge < -0.3 is 0 Å². The summed E-state index contributed by atoms with van der Waals surface area (Å²) in [4.78, 5) is 23.9. The first-order valence-corrected chi connectivity index (χ1v) is 9.03. The summed E-state index contributed by atoms with van der Waals surface area (Å²) in [5, 5.41) is 8.00. The third-order valence-corrected chi connectivity index (χ3v) is 4.71. The number of carbonyl (C=O) groups excluding carboxylic acids is 2. The van der Waals surface area contributed by atoms with E-state index in [2.05, 4.69) is 21.1 Å². The molecule has 0 aliphatic rings. The van der Waals surface area contributed by atoms with Gasteiger partial charge in [0.05, 0.1) is 11.4 Å². The van der Waals surface area contributed by atoms with Crippen molar-refractivity contribution >= 4 is 23.2 Å². The highest BCUT2D eigenvalue weighted by atomic mass is 16.2. The van der Waals surface area contributed by atoms with E-state index in [1.807, 2.05) is 64.1 Å². The van der Waals surface area contributed by atoms with Gasteiger partial charge in [0.15, 0.2) is 0 Å². The van der Waals surface area contributed by atoms with Crippen molar-refractivity contribution in [3.63, 3.8) is 0 Å². The van der Waals surface area contributed by atoms with Gasteiger partial charge in [-0.2, -0.15) is 10.2 Å². The molecule has 0 unspecified atom stereocenters. The quantitative estimate of drug-likeness (QED) is 0.486. The lowest BCUT2D eigenvalue weighted by Gasteiger charge is -2.06. The molecule has 0 atom stereocenters. The molecule has 6 heteroatoms. The number of carbonyl (C=O) groups is 2. The van der Waals surface area contributed by atoms with Crippen LogP contribution in [0, 0.1) is 27.7 Å². The summed E-state index contributed by atoms with van der Waals surface area (Å²) in [6.07, 6.45) is 0. The number of rotatable bonds is 4. The zero-order valence-electron chi connectivity index (χ0n) is 17.2. The van der Waals surface area contributed by atoms with E-state index in [0.717, 1.165) is 22.3 Å². The van der Waals surface area contributed by atoms with E-state index in [-0.39, 0.29) is 0 Å². The molecule has 6 nitrogen and oxygen atoms in total. The molecule has 0 radical (unpaired) electrons. The van der Waals surface area contributed by atoms with Crippen LogP contribution in [-0.4, -0.2) is 23.2 Å². The van der Waals surface area contributed by atoms with Crippen molar-refractivity contribution in [2.24, 2.45) is 10.2 Å². The van der Waals surface area contributed by atoms with E-state index in [9.17, 15) is 9.59 Å². The number of nitrogens with one attached hydrogen (secondary N) is 2. The predicted octanol–water partition coefficient (Wildman–Crippen LogP) is 3.30. The van der Waals surface area contributed by atoms with E-state index in [1.165, 1.54) is 11.1 Å². The summed E-state index contributed by atoms with van der Waals surface area (Å²) in [6.45, 7) is 11.6. The first-order chi connectivity index (χ1) is 13.2. The zero-order chi connectivity index (χ0) is 20.8. The number of hydrogen-bond donors (Lipinski definition) is 2. The highest BCUT2D eigenvalue weighted by Gasteiger charge is 2.13. The minimum absolute atomic E-state index is 0.610. The van der Waals surface area contributed by atoms with Gasteiger partial charge in [-0.05, 0) is 87.1 Å². The van der Waals surface area contributed by atoms with Gasteiger partial charge in [-0.1, -0.05) is 24.3 Å². The Balaban J connectivity index is 1.99. The molecular formula is C22H26N4O2. The Hall–Kier alpha value is -3.28. The normalized spacial score (nSPS) is 11.9. The fourth-order valence-electron chi connectivity index (χ4n) is 2.43. The summed E-state index contributed by atoms with van der Waals surface area (Å²) < 4.78 is 0. The maximum atomic E-state index is 11.9. The summed E-state index contributed by atoms with van der Waals surface area (Å²) in [5.41, 5.74) is 12.1. The number of nitrogens with zero attached hydrogens (tertiary/aromatic N) is 2. The first kappa shape index (κ1) is 21.0. The van der Waals surface area contributed by atoms with Gasteiger partial charge in [0.2, 0.25) is 0 Å². The summed E-state index contributed by atoms with van der Waals surface area (Å²) in [6, 6.07) is 11.8. The van der Waals surface area contributed by atoms with Crippen molar-refractivity contribution < 1.29 is 9.59 Å². The standard InChI is InChI=1S/C22H26N4O2/c1-13-7-9-19(11-15(13)3)17(5)23-25-21(27)22(28)26-24-18(6)20-10-8-14(2)16(4)12-20/h7-12H,1-6H3,(H,25,27)(H,26,28). The average Bonchev–Trinajstić information content (AvgIpc) is 2.67. The molecule has 0 fully saturated rings. The van der Waals surface area contributed by atoms with Gasteiger partial charge in [0, 0.05) is 0 Å². The molecule has 0 aliphatic heterocycles. The molecule has 2 N–H and O–H groups in total. The number of aryl methyl sites for hydroxylation is 4. The molecule has 2 rings (SSSR count). The fraction of sp³-hybridized carbons (Fsp3) is 0.273. The maximum absolute atomic E-state index is 11.9. The molecule has 0 saturated heterocycles. The molecule has 0 saturated carbocycles. The summed E-state index contributed by atoms with van der Waals surface area (Å²) in [5.74, 6) is -1.75. The summed E-state index contributed by atoms with van der Waals surface area (Å²) >= 11 is 0. The SMILES string of the molecule is CC(=NNC(=O)C(=O)NN=C(C)c1ccc(C)c(C)c1)c1ccc(C)c(C)c1.